The molecule has 3 rings (SSSR count). The van der Waals surface area contributed by atoms with Crippen LogP contribution in [0.4, 0.5) is 5.82 Å². The number of rotatable bonds is 7. The molecule has 0 aromatic carbocycles. The zero-order valence-corrected chi connectivity index (χ0v) is 15.7. The van der Waals surface area contributed by atoms with E-state index in [2.05, 4.69) is 25.3 Å². The summed E-state index contributed by atoms with van der Waals surface area (Å²) in [5.74, 6) is 1.04. The van der Waals surface area contributed by atoms with E-state index in [9.17, 15) is 4.79 Å². The molecule has 1 amide bonds. The van der Waals surface area contributed by atoms with Crippen molar-refractivity contribution in [2.45, 2.75) is 46.1 Å². The maximum absolute atomic E-state index is 12.3. The number of fused-ring (bicyclic) bond motifs is 1. The first kappa shape index (κ1) is 18.6. The van der Waals surface area contributed by atoms with Gasteiger partial charge >= 0.3 is 0 Å². The van der Waals surface area contributed by atoms with Crippen LogP contribution in [0.15, 0.2) is 10.9 Å². The highest BCUT2D eigenvalue weighted by molar-refractivity contribution is 5.88. The van der Waals surface area contributed by atoms with Crippen LogP contribution in [0, 0.1) is 12.8 Å². The van der Waals surface area contributed by atoms with Gasteiger partial charge < -0.3 is 19.5 Å². The van der Waals surface area contributed by atoms with Crippen molar-refractivity contribution in [2.24, 2.45) is 5.92 Å². The largest absolute Gasteiger partial charge is 0.379 e. The van der Waals surface area contributed by atoms with Gasteiger partial charge in [-0.15, -0.1) is 0 Å². The second-order valence-corrected chi connectivity index (χ2v) is 6.97. The Labute approximate surface area is 153 Å². The van der Waals surface area contributed by atoms with Crippen LogP contribution in [0.2, 0.25) is 0 Å². The molecule has 8 heteroatoms. The quantitative estimate of drug-likeness (QED) is 0.755. The molecular formula is C18H27N5O3. The number of carbonyl (C=O) groups excluding carboxylic acids is 1. The van der Waals surface area contributed by atoms with Crippen molar-refractivity contribution in [2.75, 3.05) is 31.1 Å². The van der Waals surface area contributed by atoms with Gasteiger partial charge in [-0.3, -0.25) is 4.79 Å². The summed E-state index contributed by atoms with van der Waals surface area (Å²) >= 11 is 0. The van der Waals surface area contributed by atoms with E-state index in [1.54, 1.807) is 0 Å². The minimum absolute atomic E-state index is 0.0539. The van der Waals surface area contributed by atoms with E-state index < -0.39 is 0 Å². The first-order chi connectivity index (χ1) is 12.6. The molecule has 1 aliphatic heterocycles. The molecule has 0 aliphatic carbocycles. The number of aryl methyl sites for hydroxylation is 1. The standard InChI is InChI=1S/C18H27N5O3/c1-12(2)25-10-4-7-19-17(24)14-5-8-23(9-6-14)16-15-13(3)22-26-18(15)21-11-20-16/h11-12,14H,4-10H2,1-3H3,(H,19,24). The molecule has 2 aromatic heterocycles. The van der Waals surface area contributed by atoms with Gasteiger partial charge in [-0.2, -0.15) is 4.98 Å². The molecule has 0 bridgehead atoms. The third-order valence-corrected chi connectivity index (χ3v) is 4.66. The lowest BCUT2D eigenvalue weighted by Gasteiger charge is -2.32. The smallest absolute Gasteiger partial charge is 0.263 e. The van der Waals surface area contributed by atoms with Crippen molar-refractivity contribution in [3.8, 4) is 0 Å². The van der Waals surface area contributed by atoms with Gasteiger partial charge in [-0.05, 0) is 40.0 Å². The number of ether oxygens (including phenoxy) is 1. The van der Waals surface area contributed by atoms with E-state index in [4.69, 9.17) is 9.26 Å². The van der Waals surface area contributed by atoms with E-state index in [0.717, 1.165) is 49.2 Å². The Hall–Kier alpha value is -2.22. The molecule has 8 nitrogen and oxygen atoms in total. The molecule has 1 aliphatic rings. The van der Waals surface area contributed by atoms with Crippen molar-refractivity contribution in [1.29, 1.82) is 0 Å². The third kappa shape index (κ3) is 4.30. The summed E-state index contributed by atoms with van der Waals surface area (Å²) < 4.78 is 10.7. The van der Waals surface area contributed by atoms with Crippen molar-refractivity contribution in [1.82, 2.24) is 20.4 Å². The van der Waals surface area contributed by atoms with Gasteiger partial charge in [0.2, 0.25) is 5.91 Å². The van der Waals surface area contributed by atoms with Crippen LogP contribution >= 0.6 is 0 Å². The van der Waals surface area contributed by atoms with Crippen molar-refractivity contribution >= 4 is 22.8 Å². The lowest BCUT2D eigenvalue weighted by atomic mass is 9.95. The Kier molecular flexibility index (Phi) is 6.03. The van der Waals surface area contributed by atoms with Gasteiger partial charge in [0.15, 0.2) is 0 Å². The number of nitrogens with one attached hydrogen (secondary N) is 1. The Morgan fingerprint density at radius 3 is 2.88 bits per heavy atom. The molecular weight excluding hydrogens is 334 g/mol. The number of hydrogen-bond acceptors (Lipinski definition) is 7. The lowest BCUT2D eigenvalue weighted by molar-refractivity contribution is -0.125. The van der Waals surface area contributed by atoms with E-state index in [1.165, 1.54) is 6.33 Å². The molecule has 0 atom stereocenters. The predicted molar refractivity (Wildman–Crippen MR) is 98.0 cm³/mol. The Bertz CT molecular complexity index is 738. The van der Waals surface area contributed by atoms with Gasteiger partial charge in [0.25, 0.3) is 5.71 Å². The van der Waals surface area contributed by atoms with Crippen LogP contribution in [-0.2, 0) is 9.53 Å². The number of carbonyl (C=O) groups is 1. The SMILES string of the molecule is Cc1noc2ncnc(N3CCC(C(=O)NCCCOC(C)C)CC3)c12. The van der Waals surface area contributed by atoms with E-state index in [0.29, 0.717) is 18.9 Å². The molecule has 0 radical (unpaired) electrons. The van der Waals surface area contributed by atoms with Gasteiger partial charge in [0, 0.05) is 32.2 Å². The van der Waals surface area contributed by atoms with Crippen LogP contribution in [0.3, 0.4) is 0 Å². The van der Waals surface area contributed by atoms with Crippen LogP contribution in [0.5, 0.6) is 0 Å². The Balaban J connectivity index is 1.49. The molecule has 0 spiro atoms. The summed E-state index contributed by atoms with van der Waals surface area (Å²) in [4.78, 5) is 23.1. The highest BCUT2D eigenvalue weighted by Crippen LogP contribution is 2.29. The summed E-state index contributed by atoms with van der Waals surface area (Å²) in [5.41, 5.74) is 1.30. The second kappa shape index (κ2) is 8.44. The number of amides is 1. The third-order valence-electron chi connectivity index (χ3n) is 4.66. The number of nitrogens with zero attached hydrogens (tertiary/aromatic N) is 4. The maximum Gasteiger partial charge on any atom is 0.263 e. The number of hydrogen-bond donors (Lipinski definition) is 1. The topological polar surface area (TPSA) is 93.4 Å². The number of anilines is 1. The predicted octanol–water partition coefficient (Wildman–Crippen LogP) is 2.07. The summed E-state index contributed by atoms with van der Waals surface area (Å²) in [6.45, 7) is 8.83. The summed E-state index contributed by atoms with van der Waals surface area (Å²) in [6, 6.07) is 0. The number of aromatic nitrogens is 3. The summed E-state index contributed by atoms with van der Waals surface area (Å²) in [5, 5.41) is 7.86. The normalized spacial score (nSPS) is 15.8. The van der Waals surface area contributed by atoms with E-state index >= 15 is 0 Å². The molecule has 3 heterocycles. The van der Waals surface area contributed by atoms with Crippen molar-refractivity contribution in [3.05, 3.63) is 12.0 Å². The first-order valence-corrected chi connectivity index (χ1v) is 9.27. The highest BCUT2D eigenvalue weighted by Gasteiger charge is 2.27. The fourth-order valence-electron chi connectivity index (χ4n) is 3.24. The van der Waals surface area contributed by atoms with Crippen LogP contribution in [0.25, 0.3) is 11.1 Å². The van der Waals surface area contributed by atoms with Gasteiger partial charge in [-0.1, -0.05) is 5.16 Å². The molecule has 2 aromatic rings. The average molecular weight is 361 g/mol. The molecule has 26 heavy (non-hydrogen) atoms. The fraction of sp³-hybridized carbons (Fsp3) is 0.667. The summed E-state index contributed by atoms with van der Waals surface area (Å²) in [6.07, 6.45) is 4.20. The minimum Gasteiger partial charge on any atom is -0.379 e. The highest BCUT2D eigenvalue weighted by atomic mass is 16.5. The fourth-order valence-corrected chi connectivity index (χ4v) is 3.24. The van der Waals surface area contributed by atoms with Crippen LogP contribution in [0.1, 0.15) is 38.8 Å². The van der Waals surface area contributed by atoms with Gasteiger partial charge in [0.1, 0.15) is 17.5 Å². The number of piperidine rings is 1. The minimum atomic E-state index is 0.0539. The first-order valence-electron chi connectivity index (χ1n) is 9.27. The van der Waals surface area contributed by atoms with Crippen LogP contribution in [-0.4, -0.2) is 53.4 Å². The summed E-state index contributed by atoms with van der Waals surface area (Å²) in [7, 11) is 0. The monoisotopic (exact) mass is 361 g/mol. The molecule has 1 fully saturated rings. The van der Waals surface area contributed by atoms with Gasteiger partial charge in [-0.25, -0.2) is 4.98 Å². The van der Waals surface area contributed by atoms with Crippen molar-refractivity contribution < 1.29 is 14.1 Å². The Morgan fingerprint density at radius 2 is 2.15 bits per heavy atom. The molecule has 1 saturated heterocycles. The average Bonchev–Trinajstić information content (AvgIpc) is 3.02. The Morgan fingerprint density at radius 1 is 1.38 bits per heavy atom. The maximum atomic E-state index is 12.3. The second-order valence-electron chi connectivity index (χ2n) is 6.97. The molecule has 1 N–H and O–H groups in total. The molecule has 0 unspecified atom stereocenters. The van der Waals surface area contributed by atoms with Gasteiger partial charge in [0.05, 0.1) is 11.8 Å². The van der Waals surface area contributed by atoms with E-state index in [1.807, 2.05) is 20.8 Å². The van der Waals surface area contributed by atoms with Crippen LogP contribution < -0.4 is 10.2 Å². The van der Waals surface area contributed by atoms with E-state index in [-0.39, 0.29) is 17.9 Å². The zero-order chi connectivity index (χ0) is 18.5. The zero-order valence-electron chi connectivity index (χ0n) is 15.7. The molecule has 0 saturated carbocycles. The molecule has 142 valence electrons. The lowest BCUT2D eigenvalue weighted by Crippen LogP contribution is -2.41. The van der Waals surface area contributed by atoms with Crippen molar-refractivity contribution in [3.63, 3.8) is 0 Å².